The molecule has 2 aromatic rings. The van der Waals surface area contributed by atoms with E-state index in [2.05, 4.69) is 51.7 Å². The van der Waals surface area contributed by atoms with Crippen molar-refractivity contribution in [2.75, 3.05) is 18.0 Å². The van der Waals surface area contributed by atoms with Gasteiger partial charge in [0, 0.05) is 0 Å². The average Bonchev–Trinajstić information content (AvgIpc) is 2.57. The van der Waals surface area contributed by atoms with E-state index < -0.39 is 0 Å². The van der Waals surface area contributed by atoms with Gasteiger partial charge in [-0.2, -0.15) is 0 Å². The van der Waals surface area contributed by atoms with Crippen LogP contribution in [0.4, 0.5) is 5.69 Å². The Balaban J connectivity index is 2.63. The number of nitrogens with zero attached hydrogens (tertiary/aromatic N) is 1. The predicted octanol–water partition coefficient (Wildman–Crippen LogP) is 3.67. The van der Waals surface area contributed by atoms with E-state index in [9.17, 15) is 0 Å². The molecule has 1 nitrogen and oxygen atoms in total. The van der Waals surface area contributed by atoms with Gasteiger partial charge in [-0.15, -0.1) is 0 Å². The van der Waals surface area contributed by atoms with Gasteiger partial charge in [0.2, 0.25) is 0 Å². The molecule has 1 aromatic heterocycles. The van der Waals surface area contributed by atoms with Crippen molar-refractivity contribution in [1.82, 2.24) is 0 Å². The summed E-state index contributed by atoms with van der Waals surface area (Å²) in [6.07, 6.45) is 0. The Morgan fingerprint density at radius 1 is 1.06 bits per heavy atom. The third-order valence-electron chi connectivity index (χ3n) is 3.58. The summed E-state index contributed by atoms with van der Waals surface area (Å²) in [5, 5.41) is 1.53. The van der Waals surface area contributed by atoms with Crippen LogP contribution in [0.2, 0.25) is 0 Å². The summed E-state index contributed by atoms with van der Waals surface area (Å²) in [4.78, 5) is 2.44. The molecule has 0 aliphatic rings. The SMILES string of the molecule is CCN(CC)c1cc(C)c2c(C)c(C)[se]c2c1. The van der Waals surface area contributed by atoms with E-state index in [1.807, 2.05) is 0 Å². The Kier molecular flexibility index (Phi) is 3.65. The Morgan fingerprint density at radius 3 is 2.29 bits per heavy atom. The van der Waals surface area contributed by atoms with Crippen molar-refractivity contribution in [3.05, 3.63) is 27.7 Å². The second-order valence-corrected chi connectivity index (χ2v) is 7.23. The van der Waals surface area contributed by atoms with Crippen molar-refractivity contribution in [3.8, 4) is 0 Å². The third-order valence-corrected chi connectivity index (χ3v) is 6.00. The fraction of sp³-hybridized carbons (Fsp3) is 0.467. The van der Waals surface area contributed by atoms with Gasteiger partial charge >= 0.3 is 110 Å². The fourth-order valence-corrected chi connectivity index (χ4v) is 4.96. The summed E-state index contributed by atoms with van der Waals surface area (Å²) in [5.41, 5.74) is 4.36. The molecule has 1 aromatic carbocycles. The molecule has 0 saturated heterocycles. The predicted molar refractivity (Wildman–Crippen MR) is 78.7 cm³/mol. The number of anilines is 1. The Bertz CT molecular complexity index is 535. The van der Waals surface area contributed by atoms with Crippen LogP contribution < -0.4 is 4.90 Å². The van der Waals surface area contributed by atoms with Crippen molar-refractivity contribution in [1.29, 1.82) is 0 Å². The summed E-state index contributed by atoms with van der Waals surface area (Å²) in [6.45, 7) is 13.4. The molecule has 0 bridgehead atoms. The van der Waals surface area contributed by atoms with Crippen molar-refractivity contribution in [3.63, 3.8) is 0 Å². The molecule has 0 aliphatic carbocycles. The normalized spacial score (nSPS) is 11.1. The summed E-state index contributed by atoms with van der Waals surface area (Å²) in [5.74, 6) is 0. The van der Waals surface area contributed by atoms with Crippen LogP contribution in [0.25, 0.3) is 9.65 Å². The summed E-state index contributed by atoms with van der Waals surface area (Å²) in [6, 6.07) is 4.76. The Labute approximate surface area is 110 Å². The molecule has 92 valence electrons. The monoisotopic (exact) mass is 295 g/mol. The second kappa shape index (κ2) is 4.88. The van der Waals surface area contributed by atoms with Crippen LogP contribution in [0.1, 0.15) is 29.4 Å². The number of aryl methyl sites for hydroxylation is 3. The quantitative estimate of drug-likeness (QED) is 0.781. The number of hydrogen-bond donors (Lipinski definition) is 0. The zero-order valence-corrected chi connectivity index (χ0v) is 13.1. The number of rotatable bonds is 3. The molecule has 0 atom stereocenters. The van der Waals surface area contributed by atoms with E-state index in [4.69, 9.17) is 0 Å². The number of fused-ring (bicyclic) bond motifs is 1. The zero-order chi connectivity index (χ0) is 12.6. The van der Waals surface area contributed by atoms with Gasteiger partial charge < -0.3 is 0 Å². The van der Waals surface area contributed by atoms with Gasteiger partial charge in [0.1, 0.15) is 0 Å². The van der Waals surface area contributed by atoms with Crippen LogP contribution in [0.5, 0.6) is 0 Å². The van der Waals surface area contributed by atoms with Crippen LogP contribution in [-0.4, -0.2) is 27.6 Å². The maximum absolute atomic E-state index is 2.44. The standard InChI is InChI=1S/C15H21NSe/c1-6-16(7-2)13-8-10(3)15-11(4)12(5)17-14(15)9-13/h8-9H,6-7H2,1-5H3. The minimum atomic E-state index is 0.549. The molecule has 0 amide bonds. The summed E-state index contributed by atoms with van der Waals surface area (Å²) in [7, 11) is 0. The molecular weight excluding hydrogens is 273 g/mol. The molecule has 0 saturated carbocycles. The van der Waals surface area contributed by atoms with E-state index in [0.717, 1.165) is 13.1 Å². The minimum absolute atomic E-state index is 0.549. The van der Waals surface area contributed by atoms with Crippen LogP contribution in [0.15, 0.2) is 12.1 Å². The van der Waals surface area contributed by atoms with Gasteiger partial charge in [0.25, 0.3) is 0 Å². The van der Waals surface area contributed by atoms with Crippen LogP contribution in [-0.2, 0) is 0 Å². The Hall–Kier alpha value is -0.721. The first-order chi connectivity index (χ1) is 8.08. The molecule has 2 rings (SSSR count). The van der Waals surface area contributed by atoms with Gasteiger partial charge in [-0.1, -0.05) is 0 Å². The van der Waals surface area contributed by atoms with E-state index in [1.54, 1.807) is 8.70 Å². The molecule has 0 spiro atoms. The first kappa shape index (κ1) is 12.7. The van der Waals surface area contributed by atoms with Crippen molar-refractivity contribution >= 4 is 29.8 Å². The molecule has 0 aliphatic heterocycles. The zero-order valence-electron chi connectivity index (χ0n) is 11.4. The van der Waals surface area contributed by atoms with Crippen molar-refractivity contribution < 1.29 is 0 Å². The molecule has 1 heterocycles. The summed E-state index contributed by atoms with van der Waals surface area (Å²) < 4.78 is 3.17. The number of benzene rings is 1. The van der Waals surface area contributed by atoms with E-state index >= 15 is 0 Å². The third kappa shape index (κ3) is 2.16. The van der Waals surface area contributed by atoms with Crippen LogP contribution in [0.3, 0.4) is 0 Å². The second-order valence-electron chi connectivity index (χ2n) is 4.59. The number of hydrogen-bond acceptors (Lipinski definition) is 1. The molecule has 0 radical (unpaired) electrons. The molecule has 0 N–H and O–H groups in total. The molecule has 0 unspecified atom stereocenters. The fourth-order valence-electron chi connectivity index (χ4n) is 2.49. The Morgan fingerprint density at radius 2 is 1.71 bits per heavy atom. The van der Waals surface area contributed by atoms with E-state index in [-0.39, 0.29) is 0 Å². The first-order valence-corrected chi connectivity index (χ1v) is 8.05. The van der Waals surface area contributed by atoms with Gasteiger partial charge in [-0.05, 0) is 0 Å². The molecule has 2 heteroatoms. The van der Waals surface area contributed by atoms with Gasteiger partial charge in [0.05, 0.1) is 0 Å². The van der Waals surface area contributed by atoms with Crippen LogP contribution >= 0.6 is 0 Å². The maximum atomic E-state index is 2.44. The average molecular weight is 294 g/mol. The topological polar surface area (TPSA) is 3.24 Å². The molecule has 0 fully saturated rings. The van der Waals surface area contributed by atoms with Gasteiger partial charge in [0.15, 0.2) is 0 Å². The molecular formula is C15H21NSe. The van der Waals surface area contributed by atoms with Crippen molar-refractivity contribution in [2.45, 2.75) is 34.6 Å². The van der Waals surface area contributed by atoms with E-state index in [1.165, 1.54) is 22.2 Å². The van der Waals surface area contributed by atoms with Crippen LogP contribution in [0, 0.1) is 20.8 Å². The van der Waals surface area contributed by atoms with Gasteiger partial charge in [-0.3, -0.25) is 0 Å². The molecule has 17 heavy (non-hydrogen) atoms. The van der Waals surface area contributed by atoms with E-state index in [0.29, 0.717) is 14.5 Å². The van der Waals surface area contributed by atoms with Gasteiger partial charge in [-0.25, -0.2) is 0 Å². The van der Waals surface area contributed by atoms with Crippen molar-refractivity contribution in [2.24, 2.45) is 0 Å². The first-order valence-electron chi connectivity index (χ1n) is 6.33. The summed E-state index contributed by atoms with van der Waals surface area (Å²) >= 11 is 0.549.